The van der Waals surface area contributed by atoms with Crippen LogP contribution in [0.5, 0.6) is 0 Å². The maximum Gasteiger partial charge on any atom is 0.407 e. The van der Waals surface area contributed by atoms with Gasteiger partial charge in [-0.15, -0.1) is 0 Å². The maximum atomic E-state index is 10.9. The van der Waals surface area contributed by atoms with Gasteiger partial charge in [-0.3, -0.25) is 0 Å². The molecule has 0 unspecified atom stereocenters. The topological polar surface area (TPSA) is 64.3 Å². The van der Waals surface area contributed by atoms with E-state index >= 15 is 0 Å². The Hall–Kier alpha value is -0.770. The second kappa shape index (κ2) is 4.98. The summed E-state index contributed by atoms with van der Waals surface area (Å²) in [6, 6.07) is 0.357. The van der Waals surface area contributed by atoms with Crippen molar-refractivity contribution in [3.63, 3.8) is 0 Å². The third-order valence-electron chi connectivity index (χ3n) is 2.01. The third kappa shape index (κ3) is 3.09. The summed E-state index contributed by atoms with van der Waals surface area (Å²) in [4.78, 5) is 10.9. The minimum atomic E-state index is -0.298. The van der Waals surface area contributed by atoms with E-state index < -0.39 is 0 Å². The molecule has 12 heavy (non-hydrogen) atoms. The Labute approximate surface area is 72.5 Å². The van der Waals surface area contributed by atoms with Crippen LogP contribution in [0.15, 0.2) is 0 Å². The molecule has 1 aliphatic rings. The lowest BCUT2D eigenvalue weighted by molar-refractivity contribution is 0.136. The zero-order chi connectivity index (χ0) is 8.81. The van der Waals surface area contributed by atoms with Crippen molar-refractivity contribution in [1.82, 2.24) is 5.32 Å². The highest BCUT2D eigenvalue weighted by molar-refractivity contribution is 5.67. The van der Waals surface area contributed by atoms with Crippen LogP contribution in [0.25, 0.3) is 0 Å². The number of nitrogens with two attached hydrogens (primary N) is 1. The molecule has 1 saturated carbocycles. The van der Waals surface area contributed by atoms with E-state index in [1.165, 1.54) is 6.42 Å². The Morgan fingerprint density at radius 3 is 2.83 bits per heavy atom. The number of rotatable bonds is 4. The van der Waals surface area contributed by atoms with Crippen LogP contribution in [-0.2, 0) is 4.74 Å². The van der Waals surface area contributed by atoms with Gasteiger partial charge in [0, 0.05) is 6.04 Å². The van der Waals surface area contributed by atoms with Crippen LogP contribution in [0.2, 0.25) is 0 Å². The molecule has 0 radical (unpaired) electrons. The van der Waals surface area contributed by atoms with E-state index in [-0.39, 0.29) is 6.09 Å². The lowest BCUT2D eigenvalue weighted by Gasteiger charge is -2.25. The summed E-state index contributed by atoms with van der Waals surface area (Å²) in [5.74, 6) is 0. The van der Waals surface area contributed by atoms with Crippen LogP contribution >= 0.6 is 0 Å². The number of carbonyl (C=O) groups is 1. The standard InChI is InChI=1S/C8H16N2O2/c9-5-2-6-12-8(11)10-7-3-1-4-7/h7H,1-6,9H2,(H,10,11). The molecule has 4 nitrogen and oxygen atoms in total. The van der Waals surface area contributed by atoms with Gasteiger partial charge in [-0.2, -0.15) is 0 Å². The summed E-state index contributed by atoms with van der Waals surface area (Å²) in [7, 11) is 0. The Bertz CT molecular complexity index is 146. The van der Waals surface area contributed by atoms with Crippen LogP contribution in [0.4, 0.5) is 4.79 Å². The van der Waals surface area contributed by atoms with Crippen molar-refractivity contribution in [2.24, 2.45) is 5.73 Å². The minimum absolute atomic E-state index is 0.298. The zero-order valence-corrected chi connectivity index (χ0v) is 7.21. The zero-order valence-electron chi connectivity index (χ0n) is 7.21. The monoisotopic (exact) mass is 172 g/mol. The van der Waals surface area contributed by atoms with Gasteiger partial charge in [-0.25, -0.2) is 4.79 Å². The van der Waals surface area contributed by atoms with Crippen molar-refractivity contribution >= 4 is 6.09 Å². The molecule has 0 aliphatic heterocycles. The summed E-state index contributed by atoms with van der Waals surface area (Å²) >= 11 is 0. The fourth-order valence-corrected chi connectivity index (χ4v) is 1.01. The second-order valence-electron chi connectivity index (χ2n) is 3.05. The van der Waals surface area contributed by atoms with E-state index in [0.29, 0.717) is 19.2 Å². The predicted molar refractivity (Wildman–Crippen MR) is 45.8 cm³/mol. The molecule has 0 bridgehead atoms. The first-order chi connectivity index (χ1) is 5.83. The van der Waals surface area contributed by atoms with Crippen molar-refractivity contribution in [2.45, 2.75) is 31.7 Å². The first kappa shape index (κ1) is 9.32. The molecule has 0 aromatic heterocycles. The largest absolute Gasteiger partial charge is 0.450 e. The van der Waals surface area contributed by atoms with E-state index in [9.17, 15) is 4.79 Å². The molecule has 1 aliphatic carbocycles. The normalized spacial score (nSPS) is 16.8. The van der Waals surface area contributed by atoms with Gasteiger partial charge in [0.25, 0.3) is 0 Å². The summed E-state index contributed by atoms with van der Waals surface area (Å²) in [5, 5.41) is 2.77. The first-order valence-corrected chi connectivity index (χ1v) is 4.46. The molecule has 1 amide bonds. The molecular weight excluding hydrogens is 156 g/mol. The van der Waals surface area contributed by atoms with Crippen LogP contribution in [-0.4, -0.2) is 25.3 Å². The van der Waals surface area contributed by atoms with E-state index in [0.717, 1.165) is 19.3 Å². The van der Waals surface area contributed by atoms with Crippen LogP contribution in [0.1, 0.15) is 25.7 Å². The van der Waals surface area contributed by atoms with E-state index in [4.69, 9.17) is 10.5 Å². The summed E-state index contributed by atoms with van der Waals surface area (Å²) in [5.41, 5.74) is 5.24. The first-order valence-electron chi connectivity index (χ1n) is 4.46. The minimum Gasteiger partial charge on any atom is -0.450 e. The van der Waals surface area contributed by atoms with Crippen LogP contribution < -0.4 is 11.1 Å². The molecule has 70 valence electrons. The molecule has 0 atom stereocenters. The lowest BCUT2D eigenvalue weighted by atomic mass is 9.93. The highest BCUT2D eigenvalue weighted by Crippen LogP contribution is 2.17. The fourth-order valence-electron chi connectivity index (χ4n) is 1.01. The Morgan fingerprint density at radius 2 is 2.33 bits per heavy atom. The lowest BCUT2D eigenvalue weighted by Crippen LogP contribution is -2.39. The number of amides is 1. The molecule has 0 aromatic carbocycles. The SMILES string of the molecule is NCCCOC(=O)NC1CCC1. The van der Waals surface area contributed by atoms with Gasteiger partial charge in [0.1, 0.15) is 0 Å². The predicted octanol–water partition coefficient (Wildman–Crippen LogP) is 0.614. The smallest absolute Gasteiger partial charge is 0.407 e. The Kier molecular flexibility index (Phi) is 3.87. The van der Waals surface area contributed by atoms with E-state index in [2.05, 4.69) is 5.32 Å². The molecule has 0 heterocycles. The van der Waals surface area contributed by atoms with Crippen molar-refractivity contribution in [1.29, 1.82) is 0 Å². The quantitative estimate of drug-likeness (QED) is 0.611. The number of nitrogens with one attached hydrogen (secondary N) is 1. The molecule has 0 spiro atoms. The van der Waals surface area contributed by atoms with Gasteiger partial charge in [-0.05, 0) is 32.2 Å². The van der Waals surface area contributed by atoms with Gasteiger partial charge in [0.05, 0.1) is 6.61 Å². The number of ether oxygens (including phenoxy) is 1. The molecule has 0 saturated heterocycles. The number of carbonyl (C=O) groups excluding carboxylic acids is 1. The molecule has 3 N–H and O–H groups in total. The summed E-state index contributed by atoms with van der Waals surface area (Å²) in [6.07, 6.45) is 3.83. The molecule has 0 aromatic rings. The van der Waals surface area contributed by atoms with Crippen LogP contribution in [0.3, 0.4) is 0 Å². The number of alkyl carbamates (subject to hydrolysis) is 1. The van der Waals surface area contributed by atoms with E-state index in [1.807, 2.05) is 0 Å². The van der Waals surface area contributed by atoms with Gasteiger partial charge >= 0.3 is 6.09 Å². The molecule has 1 rings (SSSR count). The second-order valence-corrected chi connectivity index (χ2v) is 3.05. The number of hydrogen-bond donors (Lipinski definition) is 2. The van der Waals surface area contributed by atoms with Crippen molar-refractivity contribution in [3.05, 3.63) is 0 Å². The summed E-state index contributed by atoms with van der Waals surface area (Å²) in [6.45, 7) is 0.992. The average molecular weight is 172 g/mol. The Morgan fingerprint density at radius 1 is 1.58 bits per heavy atom. The van der Waals surface area contributed by atoms with Crippen molar-refractivity contribution in [3.8, 4) is 0 Å². The fraction of sp³-hybridized carbons (Fsp3) is 0.875. The Balaban J connectivity index is 1.95. The highest BCUT2D eigenvalue weighted by Gasteiger charge is 2.19. The van der Waals surface area contributed by atoms with E-state index in [1.54, 1.807) is 0 Å². The number of hydrogen-bond acceptors (Lipinski definition) is 3. The van der Waals surface area contributed by atoms with Gasteiger partial charge in [-0.1, -0.05) is 0 Å². The van der Waals surface area contributed by atoms with Crippen LogP contribution in [0, 0.1) is 0 Å². The van der Waals surface area contributed by atoms with Gasteiger partial charge in [0.15, 0.2) is 0 Å². The maximum absolute atomic E-state index is 10.9. The molecular formula is C8H16N2O2. The van der Waals surface area contributed by atoms with Crippen molar-refractivity contribution in [2.75, 3.05) is 13.2 Å². The van der Waals surface area contributed by atoms with Crippen molar-refractivity contribution < 1.29 is 9.53 Å². The summed E-state index contributed by atoms with van der Waals surface area (Å²) < 4.78 is 4.86. The molecule has 4 heteroatoms. The van der Waals surface area contributed by atoms with Gasteiger partial charge in [0.2, 0.25) is 0 Å². The molecule has 1 fully saturated rings. The van der Waals surface area contributed by atoms with Gasteiger partial charge < -0.3 is 15.8 Å². The average Bonchev–Trinajstić information content (AvgIpc) is 1.98. The third-order valence-corrected chi connectivity index (χ3v) is 2.01. The highest BCUT2D eigenvalue weighted by atomic mass is 16.5.